The van der Waals surface area contributed by atoms with Crippen molar-refractivity contribution in [1.29, 1.82) is 5.26 Å². The van der Waals surface area contributed by atoms with Crippen LogP contribution in [0.1, 0.15) is 25.0 Å². The molecular weight excluding hydrogens is 468 g/mol. The Labute approximate surface area is 196 Å². The quantitative estimate of drug-likeness (QED) is 0.294. The minimum absolute atomic E-state index is 0.0121. The topological polar surface area (TPSA) is 71.3 Å². The minimum Gasteiger partial charge on any atom is -0.491 e. The predicted molar refractivity (Wildman–Crippen MR) is 129 cm³/mol. The second kappa shape index (κ2) is 11.2. The van der Waals surface area contributed by atoms with E-state index in [2.05, 4.69) is 21.2 Å². The molecule has 0 aliphatic heterocycles. The number of benzene rings is 3. The van der Waals surface area contributed by atoms with Gasteiger partial charge in [-0.3, -0.25) is 4.79 Å². The third kappa shape index (κ3) is 7.00. The average molecular weight is 491 g/mol. The van der Waals surface area contributed by atoms with E-state index < -0.39 is 5.91 Å². The van der Waals surface area contributed by atoms with Crippen LogP contribution in [0.2, 0.25) is 0 Å². The van der Waals surface area contributed by atoms with Gasteiger partial charge in [0.25, 0.3) is 5.91 Å². The number of ether oxygens (including phenoxy) is 2. The fourth-order valence-electron chi connectivity index (χ4n) is 2.81. The number of hydrogen-bond acceptors (Lipinski definition) is 4. The molecule has 0 bridgehead atoms. The zero-order chi connectivity index (χ0) is 22.9. The number of carbonyl (C=O) groups is 1. The highest BCUT2D eigenvalue weighted by Crippen LogP contribution is 2.20. The maximum absolute atomic E-state index is 12.5. The molecule has 5 nitrogen and oxygen atoms in total. The molecule has 1 N–H and O–H groups in total. The van der Waals surface area contributed by atoms with Crippen molar-refractivity contribution in [3.8, 4) is 17.6 Å². The van der Waals surface area contributed by atoms with Crippen LogP contribution in [-0.4, -0.2) is 12.0 Å². The largest absolute Gasteiger partial charge is 0.491 e. The molecule has 0 atom stereocenters. The summed E-state index contributed by atoms with van der Waals surface area (Å²) >= 11 is 3.41. The van der Waals surface area contributed by atoms with Gasteiger partial charge in [-0.05, 0) is 79.6 Å². The summed E-state index contributed by atoms with van der Waals surface area (Å²) in [6.45, 7) is 4.35. The number of nitrogens with one attached hydrogen (secondary N) is 1. The number of nitriles is 1. The van der Waals surface area contributed by atoms with Gasteiger partial charge in [0.1, 0.15) is 29.7 Å². The van der Waals surface area contributed by atoms with Crippen molar-refractivity contribution < 1.29 is 14.3 Å². The van der Waals surface area contributed by atoms with Crippen molar-refractivity contribution in [1.82, 2.24) is 0 Å². The Balaban J connectivity index is 1.59. The van der Waals surface area contributed by atoms with Gasteiger partial charge in [0.2, 0.25) is 0 Å². The molecule has 6 heteroatoms. The molecule has 0 radical (unpaired) electrons. The van der Waals surface area contributed by atoms with Crippen LogP contribution < -0.4 is 14.8 Å². The summed E-state index contributed by atoms with van der Waals surface area (Å²) in [4.78, 5) is 12.5. The summed E-state index contributed by atoms with van der Waals surface area (Å²) in [5, 5.41) is 12.2. The number of anilines is 1. The summed E-state index contributed by atoms with van der Waals surface area (Å²) in [6.07, 6.45) is 1.62. The second-order valence-electron chi connectivity index (χ2n) is 7.30. The highest BCUT2D eigenvalue weighted by molar-refractivity contribution is 9.10. The molecule has 3 aromatic carbocycles. The molecule has 162 valence electrons. The highest BCUT2D eigenvalue weighted by Gasteiger charge is 2.10. The molecule has 1 amide bonds. The molecule has 3 aromatic rings. The third-order valence-electron chi connectivity index (χ3n) is 4.36. The van der Waals surface area contributed by atoms with E-state index in [1.165, 1.54) is 0 Å². The Kier molecular flexibility index (Phi) is 8.07. The molecule has 0 heterocycles. The molecule has 0 spiro atoms. The smallest absolute Gasteiger partial charge is 0.266 e. The van der Waals surface area contributed by atoms with Crippen molar-refractivity contribution in [2.45, 2.75) is 26.6 Å². The maximum Gasteiger partial charge on any atom is 0.266 e. The highest BCUT2D eigenvalue weighted by atomic mass is 79.9. The van der Waals surface area contributed by atoms with Crippen LogP contribution in [0.15, 0.2) is 82.8 Å². The average Bonchev–Trinajstić information content (AvgIpc) is 2.78. The fourth-order valence-corrected chi connectivity index (χ4v) is 3.07. The summed E-state index contributed by atoms with van der Waals surface area (Å²) in [7, 11) is 0. The number of carbonyl (C=O) groups excluding carboxylic acids is 1. The van der Waals surface area contributed by atoms with Crippen molar-refractivity contribution in [2.24, 2.45) is 0 Å². The van der Waals surface area contributed by atoms with E-state index in [-0.39, 0.29) is 11.7 Å². The molecule has 3 rings (SSSR count). The summed E-state index contributed by atoms with van der Waals surface area (Å²) in [5.41, 5.74) is 2.38. The first kappa shape index (κ1) is 23.1. The van der Waals surface area contributed by atoms with Gasteiger partial charge in [-0.1, -0.05) is 40.2 Å². The van der Waals surface area contributed by atoms with Crippen LogP contribution in [0.25, 0.3) is 6.08 Å². The van der Waals surface area contributed by atoms with Gasteiger partial charge in [-0.15, -0.1) is 0 Å². The molecular formula is C26H23BrN2O3. The summed E-state index contributed by atoms with van der Waals surface area (Å²) < 4.78 is 12.4. The van der Waals surface area contributed by atoms with Crippen molar-refractivity contribution >= 4 is 33.6 Å². The van der Waals surface area contributed by atoms with Gasteiger partial charge in [-0.25, -0.2) is 0 Å². The Morgan fingerprint density at radius 1 is 1.00 bits per heavy atom. The third-order valence-corrected chi connectivity index (χ3v) is 4.89. The number of halogens is 1. The van der Waals surface area contributed by atoms with E-state index in [0.717, 1.165) is 21.3 Å². The normalized spacial score (nSPS) is 11.0. The molecule has 0 aromatic heterocycles. The Morgan fingerprint density at radius 3 is 2.22 bits per heavy atom. The predicted octanol–water partition coefficient (Wildman–Crippen LogP) is 6.36. The van der Waals surface area contributed by atoms with E-state index in [9.17, 15) is 10.1 Å². The maximum atomic E-state index is 12.5. The standard InChI is InChI=1S/C26H23BrN2O3/c1-18(2)32-25-11-5-19(6-12-25)15-21(16-28)26(30)29-23-9-13-24(14-10-23)31-17-20-3-7-22(27)8-4-20/h3-15,18H,17H2,1-2H3,(H,29,30)/b21-15+. The summed E-state index contributed by atoms with van der Waals surface area (Å²) in [6, 6.07) is 24.1. The van der Waals surface area contributed by atoms with Gasteiger partial charge < -0.3 is 14.8 Å². The molecule has 0 saturated heterocycles. The number of amides is 1. The molecule has 0 fully saturated rings. The lowest BCUT2D eigenvalue weighted by Gasteiger charge is -2.09. The number of hydrogen-bond donors (Lipinski definition) is 1. The fraction of sp³-hybridized carbons (Fsp3) is 0.154. The van der Waals surface area contributed by atoms with Crippen molar-refractivity contribution in [3.63, 3.8) is 0 Å². The molecule has 0 aliphatic carbocycles. The Hall–Kier alpha value is -3.56. The van der Waals surface area contributed by atoms with Gasteiger partial charge in [-0.2, -0.15) is 5.26 Å². The number of nitrogens with zero attached hydrogens (tertiary/aromatic N) is 1. The van der Waals surface area contributed by atoms with Crippen LogP contribution >= 0.6 is 15.9 Å². The van der Waals surface area contributed by atoms with Crippen LogP contribution in [0.3, 0.4) is 0 Å². The van der Waals surface area contributed by atoms with E-state index >= 15 is 0 Å². The first-order valence-corrected chi connectivity index (χ1v) is 10.9. The Bertz CT molecular complexity index is 1110. The lowest BCUT2D eigenvalue weighted by Crippen LogP contribution is -2.13. The summed E-state index contributed by atoms with van der Waals surface area (Å²) in [5.74, 6) is 0.951. The minimum atomic E-state index is -0.474. The lowest BCUT2D eigenvalue weighted by atomic mass is 10.1. The molecule has 0 aliphatic rings. The van der Waals surface area contributed by atoms with Crippen molar-refractivity contribution in [3.05, 3.63) is 94.0 Å². The van der Waals surface area contributed by atoms with Gasteiger partial charge >= 0.3 is 0 Å². The first-order valence-electron chi connectivity index (χ1n) is 10.1. The zero-order valence-corrected chi connectivity index (χ0v) is 19.4. The lowest BCUT2D eigenvalue weighted by molar-refractivity contribution is -0.112. The van der Waals surface area contributed by atoms with Gasteiger partial charge in [0, 0.05) is 10.2 Å². The van der Waals surface area contributed by atoms with Crippen LogP contribution in [0, 0.1) is 11.3 Å². The zero-order valence-electron chi connectivity index (χ0n) is 17.8. The molecule has 0 saturated carbocycles. The van der Waals surface area contributed by atoms with Gasteiger partial charge in [0.15, 0.2) is 0 Å². The molecule has 32 heavy (non-hydrogen) atoms. The second-order valence-corrected chi connectivity index (χ2v) is 8.21. The number of rotatable bonds is 8. The van der Waals surface area contributed by atoms with E-state index in [4.69, 9.17) is 9.47 Å². The van der Waals surface area contributed by atoms with Crippen molar-refractivity contribution in [2.75, 3.05) is 5.32 Å². The van der Waals surface area contributed by atoms with E-state index in [1.807, 2.05) is 56.3 Å². The van der Waals surface area contributed by atoms with Crippen LogP contribution in [0.4, 0.5) is 5.69 Å². The van der Waals surface area contributed by atoms with Crippen LogP contribution in [0.5, 0.6) is 11.5 Å². The SMILES string of the molecule is CC(C)Oc1ccc(/C=C(\C#N)C(=O)Nc2ccc(OCc3ccc(Br)cc3)cc2)cc1. The molecule has 0 unspecified atom stereocenters. The Morgan fingerprint density at radius 2 is 1.62 bits per heavy atom. The van der Waals surface area contributed by atoms with Crippen LogP contribution in [-0.2, 0) is 11.4 Å². The van der Waals surface area contributed by atoms with Gasteiger partial charge in [0.05, 0.1) is 6.10 Å². The monoisotopic (exact) mass is 490 g/mol. The first-order chi connectivity index (χ1) is 15.4. The van der Waals surface area contributed by atoms with E-state index in [1.54, 1.807) is 42.5 Å². The van der Waals surface area contributed by atoms with E-state index in [0.29, 0.717) is 18.0 Å².